The number of aromatic nitrogens is 1. The molecule has 1 aliphatic heterocycles. The van der Waals surface area contributed by atoms with Crippen LogP contribution in [0.15, 0.2) is 42.5 Å². The summed E-state index contributed by atoms with van der Waals surface area (Å²) in [6.07, 6.45) is -4.74. The van der Waals surface area contributed by atoms with Crippen molar-refractivity contribution in [3.8, 4) is 11.5 Å². The van der Waals surface area contributed by atoms with Crippen molar-refractivity contribution in [2.75, 3.05) is 30.4 Å². The number of anilines is 2. The lowest BCUT2D eigenvalue weighted by molar-refractivity contribution is -0.274. The normalized spacial score (nSPS) is 14.6. The number of ether oxygens (including phenoxy) is 2. The lowest BCUT2D eigenvalue weighted by atomic mass is 10.00. The summed E-state index contributed by atoms with van der Waals surface area (Å²) in [5.41, 5.74) is 1.26. The van der Waals surface area contributed by atoms with Gasteiger partial charge in [-0.2, -0.15) is 0 Å². The van der Waals surface area contributed by atoms with E-state index in [4.69, 9.17) is 4.74 Å². The summed E-state index contributed by atoms with van der Waals surface area (Å²) in [5.74, 6) is -0.00387. The van der Waals surface area contributed by atoms with Gasteiger partial charge in [0.1, 0.15) is 11.5 Å². The molecule has 1 saturated heterocycles. The minimum absolute atomic E-state index is 0.187. The Labute approximate surface area is 167 Å². The molecule has 2 aromatic carbocycles. The van der Waals surface area contributed by atoms with Crippen LogP contribution in [0.3, 0.4) is 0 Å². The smallest absolute Gasteiger partial charge is 0.497 e. The first kappa shape index (κ1) is 19.3. The number of thiazole rings is 1. The third-order valence-corrected chi connectivity index (χ3v) is 5.56. The average Bonchev–Trinajstić information content (AvgIpc) is 3.03. The molecule has 0 bridgehead atoms. The van der Waals surface area contributed by atoms with Crippen molar-refractivity contribution in [2.24, 2.45) is 5.92 Å². The number of nitrogens with one attached hydrogen (secondary N) is 1. The largest absolute Gasteiger partial charge is 0.573 e. The topological polar surface area (TPSA) is 63.7 Å². The Bertz CT molecular complexity index is 1030. The molecule has 10 heteroatoms. The zero-order chi connectivity index (χ0) is 20.6. The van der Waals surface area contributed by atoms with E-state index in [-0.39, 0.29) is 17.6 Å². The summed E-state index contributed by atoms with van der Waals surface area (Å²) in [6.45, 7) is 1.05. The number of benzene rings is 2. The average molecular weight is 423 g/mol. The van der Waals surface area contributed by atoms with Crippen LogP contribution in [-0.4, -0.2) is 37.5 Å². The van der Waals surface area contributed by atoms with Crippen LogP contribution in [-0.2, 0) is 4.79 Å². The Morgan fingerprint density at radius 3 is 2.52 bits per heavy atom. The molecule has 29 heavy (non-hydrogen) atoms. The standard InChI is InChI=1S/C19H16F3N3O3S/c1-27-14-6-7-16-15(8-14)24-18(29-16)25-9-11(10-25)17(26)23-12-2-4-13(5-3-12)28-19(20,21)22/h2-8,11H,9-10H2,1H3,(H,23,26). The molecule has 6 nitrogen and oxygen atoms in total. The summed E-state index contributed by atoms with van der Waals surface area (Å²) in [6, 6.07) is 10.8. The number of hydrogen-bond donors (Lipinski definition) is 1. The Morgan fingerprint density at radius 1 is 1.17 bits per heavy atom. The number of rotatable bonds is 5. The van der Waals surface area contributed by atoms with E-state index in [9.17, 15) is 18.0 Å². The van der Waals surface area contributed by atoms with E-state index in [0.717, 1.165) is 33.2 Å². The fourth-order valence-corrected chi connectivity index (χ4v) is 3.91. The summed E-state index contributed by atoms with van der Waals surface area (Å²) < 4.78 is 46.6. The van der Waals surface area contributed by atoms with Gasteiger partial charge in [-0.05, 0) is 36.4 Å². The van der Waals surface area contributed by atoms with Gasteiger partial charge in [-0.25, -0.2) is 4.98 Å². The Kier molecular flexibility index (Phi) is 4.95. The molecule has 1 amide bonds. The molecule has 4 rings (SSSR count). The predicted molar refractivity (Wildman–Crippen MR) is 104 cm³/mol. The maximum absolute atomic E-state index is 12.4. The van der Waals surface area contributed by atoms with Crippen molar-refractivity contribution >= 4 is 38.3 Å². The van der Waals surface area contributed by atoms with Gasteiger partial charge in [0.15, 0.2) is 5.13 Å². The minimum atomic E-state index is -4.74. The van der Waals surface area contributed by atoms with Crippen LogP contribution in [0.4, 0.5) is 24.0 Å². The fraction of sp³-hybridized carbons (Fsp3) is 0.263. The Morgan fingerprint density at radius 2 is 1.86 bits per heavy atom. The highest BCUT2D eigenvalue weighted by molar-refractivity contribution is 7.22. The summed E-state index contributed by atoms with van der Waals surface area (Å²) in [4.78, 5) is 19.0. The van der Waals surface area contributed by atoms with E-state index in [0.29, 0.717) is 18.8 Å². The minimum Gasteiger partial charge on any atom is -0.497 e. The molecule has 3 aromatic rings. The number of methoxy groups -OCH3 is 1. The van der Waals surface area contributed by atoms with Crippen molar-refractivity contribution in [2.45, 2.75) is 6.36 Å². The van der Waals surface area contributed by atoms with Crippen molar-refractivity contribution in [1.82, 2.24) is 4.98 Å². The lowest BCUT2D eigenvalue weighted by Gasteiger charge is -2.37. The van der Waals surface area contributed by atoms with Crippen LogP contribution in [0, 0.1) is 5.92 Å². The van der Waals surface area contributed by atoms with Crippen molar-refractivity contribution in [3.63, 3.8) is 0 Å². The number of amides is 1. The molecule has 0 radical (unpaired) electrons. The second kappa shape index (κ2) is 7.43. The number of halogens is 3. The Balaban J connectivity index is 1.33. The highest BCUT2D eigenvalue weighted by Crippen LogP contribution is 2.34. The first-order valence-electron chi connectivity index (χ1n) is 8.67. The molecular formula is C19H16F3N3O3S. The van der Waals surface area contributed by atoms with Gasteiger partial charge in [0.25, 0.3) is 0 Å². The van der Waals surface area contributed by atoms with Gasteiger partial charge in [0.05, 0.1) is 23.2 Å². The first-order chi connectivity index (χ1) is 13.8. The van der Waals surface area contributed by atoms with E-state index >= 15 is 0 Å². The van der Waals surface area contributed by atoms with Gasteiger partial charge in [-0.1, -0.05) is 11.3 Å². The number of alkyl halides is 3. The maximum atomic E-state index is 12.4. The summed E-state index contributed by atoms with van der Waals surface area (Å²) >= 11 is 1.55. The molecule has 2 heterocycles. The van der Waals surface area contributed by atoms with Gasteiger partial charge in [-0.3, -0.25) is 4.79 Å². The maximum Gasteiger partial charge on any atom is 0.573 e. The fourth-order valence-electron chi connectivity index (χ4n) is 2.94. The quantitative estimate of drug-likeness (QED) is 0.664. The molecule has 152 valence electrons. The molecule has 0 atom stereocenters. The molecule has 1 aliphatic rings. The zero-order valence-electron chi connectivity index (χ0n) is 15.2. The monoisotopic (exact) mass is 423 g/mol. The number of carbonyl (C=O) groups is 1. The van der Waals surface area contributed by atoms with Gasteiger partial charge < -0.3 is 19.7 Å². The molecule has 0 unspecified atom stereocenters. The lowest BCUT2D eigenvalue weighted by Crippen LogP contribution is -2.52. The SMILES string of the molecule is COc1ccc2sc(N3CC(C(=O)Nc4ccc(OC(F)(F)F)cc4)C3)nc2c1. The van der Waals surface area contributed by atoms with Gasteiger partial charge in [0.2, 0.25) is 5.91 Å². The van der Waals surface area contributed by atoms with Crippen molar-refractivity contribution < 1.29 is 27.4 Å². The molecule has 1 aromatic heterocycles. The molecule has 0 spiro atoms. The highest BCUT2D eigenvalue weighted by Gasteiger charge is 2.34. The molecule has 1 fully saturated rings. The third-order valence-electron chi connectivity index (χ3n) is 4.46. The number of hydrogen-bond acceptors (Lipinski definition) is 6. The second-order valence-electron chi connectivity index (χ2n) is 6.49. The van der Waals surface area contributed by atoms with E-state index in [1.807, 2.05) is 23.1 Å². The van der Waals surface area contributed by atoms with Crippen LogP contribution in [0.25, 0.3) is 10.2 Å². The molecule has 0 aliphatic carbocycles. The van der Waals surface area contributed by atoms with Crippen LogP contribution in [0.5, 0.6) is 11.5 Å². The third kappa shape index (κ3) is 4.37. The number of fused-ring (bicyclic) bond motifs is 1. The van der Waals surface area contributed by atoms with Crippen LogP contribution < -0.4 is 19.7 Å². The van der Waals surface area contributed by atoms with E-state index in [1.165, 1.54) is 12.1 Å². The van der Waals surface area contributed by atoms with Crippen LogP contribution in [0.2, 0.25) is 0 Å². The van der Waals surface area contributed by atoms with Crippen molar-refractivity contribution in [3.05, 3.63) is 42.5 Å². The van der Waals surface area contributed by atoms with Crippen molar-refractivity contribution in [1.29, 1.82) is 0 Å². The second-order valence-corrected chi connectivity index (χ2v) is 7.50. The predicted octanol–water partition coefficient (Wildman–Crippen LogP) is 4.28. The molecule has 0 saturated carbocycles. The highest BCUT2D eigenvalue weighted by atomic mass is 32.1. The van der Waals surface area contributed by atoms with Crippen LogP contribution >= 0.6 is 11.3 Å². The molecular weight excluding hydrogens is 407 g/mol. The number of nitrogens with zero attached hydrogens (tertiary/aromatic N) is 2. The first-order valence-corrected chi connectivity index (χ1v) is 9.48. The number of carbonyl (C=O) groups excluding carboxylic acids is 1. The summed E-state index contributed by atoms with van der Waals surface area (Å²) in [5, 5.41) is 3.55. The van der Waals surface area contributed by atoms with E-state index in [2.05, 4.69) is 15.0 Å². The van der Waals surface area contributed by atoms with Gasteiger partial charge in [-0.15, -0.1) is 13.2 Å². The van der Waals surface area contributed by atoms with E-state index < -0.39 is 6.36 Å². The molecule has 1 N–H and O–H groups in total. The van der Waals surface area contributed by atoms with Gasteiger partial charge >= 0.3 is 6.36 Å². The Hall–Kier alpha value is -3.01. The van der Waals surface area contributed by atoms with Crippen LogP contribution in [0.1, 0.15) is 0 Å². The van der Waals surface area contributed by atoms with E-state index in [1.54, 1.807) is 18.4 Å². The zero-order valence-corrected chi connectivity index (χ0v) is 16.0. The summed E-state index contributed by atoms with van der Waals surface area (Å²) in [7, 11) is 1.60. The van der Waals surface area contributed by atoms with Gasteiger partial charge in [0, 0.05) is 24.8 Å².